The monoisotopic (exact) mass is 263 g/mol. The molecule has 0 aliphatic rings. The highest BCUT2D eigenvalue weighted by Crippen LogP contribution is 2.34. The second-order valence-electron chi connectivity index (χ2n) is 4.11. The van der Waals surface area contributed by atoms with Gasteiger partial charge in [-0.1, -0.05) is 32.4 Å². The van der Waals surface area contributed by atoms with Crippen LogP contribution in [0.25, 0.3) is 0 Å². The fourth-order valence-corrected chi connectivity index (χ4v) is 1.94. The summed E-state index contributed by atoms with van der Waals surface area (Å²) in [7, 11) is 0. The summed E-state index contributed by atoms with van der Waals surface area (Å²) < 4.78 is 51.7. The van der Waals surface area contributed by atoms with Crippen molar-refractivity contribution in [2.75, 3.05) is 6.54 Å². The molecule has 0 bridgehead atoms. The van der Waals surface area contributed by atoms with Crippen molar-refractivity contribution in [3.05, 3.63) is 35.1 Å². The van der Waals surface area contributed by atoms with Crippen molar-refractivity contribution in [2.24, 2.45) is 0 Å². The van der Waals surface area contributed by atoms with Gasteiger partial charge >= 0.3 is 6.18 Å². The van der Waals surface area contributed by atoms with E-state index < -0.39 is 17.6 Å². The summed E-state index contributed by atoms with van der Waals surface area (Å²) in [6.07, 6.45) is -3.28. The second-order valence-corrected chi connectivity index (χ2v) is 4.11. The SMILES string of the molecule is CCCC(NCC)c1cccc(C(F)(F)F)c1F. The van der Waals surface area contributed by atoms with E-state index in [9.17, 15) is 17.6 Å². The van der Waals surface area contributed by atoms with Crippen LogP contribution in [0.15, 0.2) is 18.2 Å². The third kappa shape index (κ3) is 3.45. The van der Waals surface area contributed by atoms with Gasteiger partial charge in [0.2, 0.25) is 0 Å². The minimum Gasteiger partial charge on any atom is -0.310 e. The molecule has 5 heteroatoms. The molecule has 1 aromatic rings. The Bertz CT molecular complexity index is 381. The van der Waals surface area contributed by atoms with Crippen LogP contribution in [0.5, 0.6) is 0 Å². The minimum absolute atomic E-state index is 0.0912. The molecule has 1 aromatic carbocycles. The van der Waals surface area contributed by atoms with Crippen molar-refractivity contribution in [3.63, 3.8) is 0 Å². The van der Waals surface area contributed by atoms with E-state index in [1.54, 1.807) is 0 Å². The van der Waals surface area contributed by atoms with Crippen LogP contribution in [0.2, 0.25) is 0 Å². The van der Waals surface area contributed by atoms with Gasteiger partial charge in [0, 0.05) is 11.6 Å². The lowest BCUT2D eigenvalue weighted by molar-refractivity contribution is -0.140. The molecule has 0 saturated heterocycles. The van der Waals surface area contributed by atoms with Crippen molar-refractivity contribution in [1.82, 2.24) is 5.32 Å². The van der Waals surface area contributed by atoms with Gasteiger partial charge in [-0.3, -0.25) is 0 Å². The van der Waals surface area contributed by atoms with Crippen molar-refractivity contribution in [1.29, 1.82) is 0 Å². The zero-order valence-electron chi connectivity index (χ0n) is 10.4. The van der Waals surface area contributed by atoms with Gasteiger partial charge in [-0.15, -0.1) is 0 Å². The highest BCUT2D eigenvalue weighted by molar-refractivity contribution is 5.30. The molecule has 18 heavy (non-hydrogen) atoms. The Kier molecular flexibility index (Phi) is 5.14. The van der Waals surface area contributed by atoms with E-state index in [-0.39, 0.29) is 11.6 Å². The normalized spacial score (nSPS) is 13.7. The van der Waals surface area contributed by atoms with Gasteiger partial charge in [0.15, 0.2) is 0 Å². The van der Waals surface area contributed by atoms with Gasteiger partial charge in [0.1, 0.15) is 5.82 Å². The van der Waals surface area contributed by atoms with Crippen molar-refractivity contribution in [2.45, 2.75) is 38.9 Å². The van der Waals surface area contributed by atoms with Crippen LogP contribution in [0.4, 0.5) is 17.6 Å². The van der Waals surface area contributed by atoms with Crippen molar-refractivity contribution < 1.29 is 17.6 Å². The molecule has 0 heterocycles. The quantitative estimate of drug-likeness (QED) is 0.781. The number of benzene rings is 1. The Hall–Kier alpha value is -1.10. The molecule has 1 atom stereocenters. The van der Waals surface area contributed by atoms with Crippen molar-refractivity contribution >= 4 is 0 Å². The molecule has 0 fully saturated rings. The number of halogens is 4. The van der Waals surface area contributed by atoms with Gasteiger partial charge < -0.3 is 5.32 Å². The van der Waals surface area contributed by atoms with E-state index in [1.165, 1.54) is 12.1 Å². The molecule has 1 nitrogen and oxygen atoms in total. The Morgan fingerprint density at radius 3 is 2.39 bits per heavy atom. The van der Waals surface area contributed by atoms with Crippen LogP contribution in [0.1, 0.15) is 43.9 Å². The summed E-state index contributed by atoms with van der Waals surface area (Å²) >= 11 is 0. The van der Waals surface area contributed by atoms with Crippen molar-refractivity contribution in [3.8, 4) is 0 Å². The average molecular weight is 263 g/mol. The third-order valence-corrected chi connectivity index (χ3v) is 2.74. The molecule has 0 spiro atoms. The maximum absolute atomic E-state index is 13.9. The Morgan fingerprint density at radius 1 is 1.22 bits per heavy atom. The predicted molar refractivity (Wildman–Crippen MR) is 62.7 cm³/mol. The summed E-state index contributed by atoms with van der Waals surface area (Å²) in [6.45, 7) is 4.34. The summed E-state index contributed by atoms with van der Waals surface area (Å²) in [6, 6.07) is 3.06. The van der Waals surface area contributed by atoms with Crippen LogP contribution in [-0.2, 0) is 6.18 Å². The highest BCUT2D eigenvalue weighted by Gasteiger charge is 2.35. The molecule has 0 aromatic heterocycles. The molecule has 1 rings (SSSR count). The van der Waals surface area contributed by atoms with Gasteiger partial charge in [0.25, 0.3) is 0 Å². The number of rotatable bonds is 5. The molecule has 102 valence electrons. The molecule has 0 aliphatic carbocycles. The third-order valence-electron chi connectivity index (χ3n) is 2.74. The summed E-state index contributed by atoms with van der Waals surface area (Å²) in [4.78, 5) is 0. The molecular formula is C13H17F4N. The molecular weight excluding hydrogens is 246 g/mol. The number of nitrogens with one attached hydrogen (secondary N) is 1. The van der Waals surface area contributed by atoms with Gasteiger partial charge in [0.05, 0.1) is 5.56 Å². The van der Waals surface area contributed by atoms with E-state index in [4.69, 9.17) is 0 Å². The molecule has 1 unspecified atom stereocenters. The fourth-order valence-electron chi connectivity index (χ4n) is 1.94. The Morgan fingerprint density at radius 2 is 1.89 bits per heavy atom. The molecule has 0 saturated carbocycles. The first-order valence-corrected chi connectivity index (χ1v) is 6.00. The highest BCUT2D eigenvalue weighted by atomic mass is 19.4. The van der Waals surface area contributed by atoms with Gasteiger partial charge in [-0.2, -0.15) is 13.2 Å². The Balaban J connectivity index is 3.15. The molecule has 0 radical (unpaired) electrons. The van der Waals surface area contributed by atoms with Gasteiger partial charge in [-0.05, 0) is 19.0 Å². The summed E-state index contributed by atoms with van der Waals surface area (Å²) in [5.74, 6) is -1.16. The minimum atomic E-state index is -4.65. The van der Waals surface area contributed by atoms with E-state index in [0.717, 1.165) is 12.5 Å². The maximum atomic E-state index is 13.9. The molecule has 0 amide bonds. The van der Waals surface area contributed by atoms with Crippen LogP contribution < -0.4 is 5.32 Å². The van der Waals surface area contributed by atoms with Crippen LogP contribution in [0.3, 0.4) is 0 Å². The lowest BCUT2D eigenvalue weighted by Gasteiger charge is -2.20. The smallest absolute Gasteiger partial charge is 0.310 e. The van der Waals surface area contributed by atoms with Crippen LogP contribution in [0, 0.1) is 5.82 Å². The number of hydrogen-bond donors (Lipinski definition) is 1. The lowest BCUT2D eigenvalue weighted by Crippen LogP contribution is -2.23. The van der Waals surface area contributed by atoms with E-state index in [2.05, 4.69) is 5.32 Å². The number of hydrogen-bond acceptors (Lipinski definition) is 1. The predicted octanol–water partition coefficient (Wildman–Crippen LogP) is 4.30. The average Bonchev–Trinajstić information content (AvgIpc) is 2.27. The first-order chi connectivity index (χ1) is 8.41. The summed E-state index contributed by atoms with van der Waals surface area (Å²) in [5.41, 5.74) is -1.10. The molecule has 1 N–H and O–H groups in total. The van der Waals surface area contributed by atoms with E-state index in [0.29, 0.717) is 13.0 Å². The largest absolute Gasteiger partial charge is 0.419 e. The number of alkyl halides is 3. The first-order valence-electron chi connectivity index (χ1n) is 6.00. The molecule has 0 aliphatic heterocycles. The van der Waals surface area contributed by atoms with Crippen LogP contribution >= 0.6 is 0 Å². The van der Waals surface area contributed by atoms with Gasteiger partial charge in [-0.25, -0.2) is 4.39 Å². The Labute approximate surface area is 104 Å². The fraction of sp³-hybridized carbons (Fsp3) is 0.538. The summed E-state index contributed by atoms with van der Waals surface area (Å²) in [5, 5.41) is 3.01. The van der Waals surface area contributed by atoms with E-state index >= 15 is 0 Å². The zero-order valence-corrected chi connectivity index (χ0v) is 10.4. The lowest BCUT2D eigenvalue weighted by atomic mass is 9.99. The second kappa shape index (κ2) is 6.18. The maximum Gasteiger partial charge on any atom is 0.419 e. The topological polar surface area (TPSA) is 12.0 Å². The zero-order chi connectivity index (χ0) is 13.8. The standard InChI is InChI=1S/C13H17F4N/c1-3-6-11(18-4-2)9-7-5-8-10(12(9)14)13(15,16)17/h5,7-8,11,18H,3-4,6H2,1-2H3. The van der Waals surface area contributed by atoms with E-state index in [1.807, 2.05) is 13.8 Å². The van der Waals surface area contributed by atoms with Crippen LogP contribution in [-0.4, -0.2) is 6.54 Å². The first kappa shape index (κ1) is 15.0.